The molecule has 0 saturated heterocycles. The number of hydrogen-bond donors (Lipinski definition) is 1. The Hall–Kier alpha value is -2.34. The molecule has 0 aliphatic carbocycles. The summed E-state index contributed by atoms with van der Waals surface area (Å²) in [6.45, 7) is 2.02. The summed E-state index contributed by atoms with van der Waals surface area (Å²) in [7, 11) is 0. The highest BCUT2D eigenvalue weighted by atomic mass is 79.9. The second-order valence-electron chi connectivity index (χ2n) is 5.77. The Morgan fingerprint density at radius 3 is 2.46 bits per heavy atom. The van der Waals surface area contributed by atoms with Gasteiger partial charge in [-0.15, -0.1) is 0 Å². The lowest BCUT2D eigenvalue weighted by atomic mass is 10.1. The Bertz CT molecular complexity index is 704. The van der Waals surface area contributed by atoms with E-state index in [1.54, 1.807) is 0 Å². The van der Waals surface area contributed by atoms with Crippen LogP contribution in [0.5, 0.6) is 5.75 Å². The van der Waals surface area contributed by atoms with Gasteiger partial charge in [0.1, 0.15) is 5.75 Å². The molecule has 138 valence electrons. The lowest BCUT2D eigenvalue weighted by Crippen LogP contribution is -2.31. The summed E-state index contributed by atoms with van der Waals surface area (Å²) in [5.74, 6) is 0.0172. The van der Waals surface area contributed by atoms with E-state index >= 15 is 0 Å². The smallest absolute Gasteiger partial charge is 0.306 e. The molecule has 0 spiro atoms. The molecule has 0 aliphatic heterocycles. The van der Waals surface area contributed by atoms with Crippen LogP contribution >= 0.6 is 15.9 Å². The van der Waals surface area contributed by atoms with Crippen molar-refractivity contribution >= 4 is 27.8 Å². The second kappa shape index (κ2) is 10.6. The van der Waals surface area contributed by atoms with Crippen molar-refractivity contribution in [2.45, 2.75) is 25.8 Å². The first-order valence-corrected chi connectivity index (χ1v) is 9.22. The molecular formula is C20H22BrNO4. The van der Waals surface area contributed by atoms with Crippen LogP contribution in [0.1, 0.15) is 31.4 Å². The van der Waals surface area contributed by atoms with Crippen LogP contribution in [-0.4, -0.2) is 25.1 Å². The second-order valence-corrected chi connectivity index (χ2v) is 6.68. The molecule has 0 heterocycles. The molecule has 0 radical (unpaired) electrons. The molecule has 0 fully saturated rings. The standard InChI is InChI=1S/C20H22BrNO4/c1-15(16-6-3-2-4-7-16)22-19(23)14-26-20(24)8-5-13-25-18-11-9-17(21)10-12-18/h2-4,6-7,9-12,15H,5,8,13-14H2,1H3,(H,22,23)/t15-/m1/s1. The zero-order valence-electron chi connectivity index (χ0n) is 14.6. The van der Waals surface area contributed by atoms with E-state index in [0.29, 0.717) is 13.0 Å². The number of benzene rings is 2. The van der Waals surface area contributed by atoms with Crippen molar-refractivity contribution in [2.75, 3.05) is 13.2 Å². The Labute approximate surface area is 161 Å². The van der Waals surface area contributed by atoms with Gasteiger partial charge in [0.25, 0.3) is 5.91 Å². The summed E-state index contributed by atoms with van der Waals surface area (Å²) in [4.78, 5) is 23.6. The maximum atomic E-state index is 11.9. The van der Waals surface area contributed by atoms with Gasteiger partial charge in [-0.05, 0) is 43.2 Å². The van der Waals surface area contributed by atoms with Crippen molar-refractivity contribution in [1.29, 1.82) is 0 Å². The number of hydrogen-bond acceptors (Lipinski definition) is 4. The maximum absolute atomic E-state index is 11.9. The van der Waals surface area contributed by atoms with Gasteiger partial charge in [-0.3, -0.25) is 9.59 Å². The predicted molar refractivity (Wildman–Crippen MR) is 103 cm³/mol. The number of nitrogens with one attached hydrogen (secondary N) is 1. The molecule has 5 nitrogen and oxygen atoms in total. The zero-order valence-corrected chi connectivity index (χ0v) is 16.2. The Morgan fingerprint density at radius 1 is 1.08 bits per heavy atom. The minimum absolute atomic E-state index is 0.137. The van der Waals surface area contributed by atoms with E-state index in [1.165, 1.54) is 0 Å². The predicted octanol–water partition coefficient (Wildman–Crippen LogP) is 4.03. The van der Waals surface area contributed by atoms with E-state index in [2.05, 4.69) is 21.2 Å². The molecule has 0 aliphatic rings. The maximum Gasteiger partial charge on any atom is 0.306 e. The number of amides is 1. The Morgan fingerprint density at radius 2 is 1.77 bits per heavy atom. The number of ether oxygens (including phenoxy) is 2. The molecule has 2 aromatic rings. The van der Waals surface area contributed by atoms with E-state index in [0.717, 1.165) is 15.8 Å². The van der Waals surface area contributed by atoms with Crippen molar-refractivity contribution in [3.63, 3.8) is 0 Å². The van der Waals surface area contributed by atoms with Gasteiger partial charge in [0.15, 0.2) is 6.61 Å². The first-order chi connectivity index (χ1) is 12.5. The van der Waals surface area contributed by atoms with Gasteiger partial charge in [-0.25, -0.2) is 0 Å². The monoisotopic (exact) mass is 419 g/mol. The van der Waals surface area contributed by atoms with Crippen LogP contribution in [0.15, 0.2) is 59.1 Å². The van der Waals surface area contributed by atoms with Gasteiger partial charge in [0.2, 0.25) is 0 Å². The van der Waals surface area contributed by atoms with Crippen LogP contribution < -0.4 is 10.1 Å². The minimum atomic E-state index is -0.410. The Balaban J connectivity index is 1.59. The van der Waals surface area contributed by atoms with Crippen LogP contribution in [0.4, 0.5) is 0 Å². The fourth-order valence-electron chi connectivity index (χ4n) is 2.26. The van der Waals surface area contributed by atoms with Gasteiger partial charge in [-0.2, -0.15) is 0 Å². The zero-order chi connectivity index (χ0) is 18.8. The van der Waals surface area contributed by atoms with E-state index in [1.807, 2.05) is 61.5 Å². The third-order valence-corrected chi connectivity index (χ3v) is 4.18. The van der Waals surface area contributed by atoms with Crippen molar-refractivity contribution in [3.8, 4) is 5.75 Å². The van der Waals surface area contributed by atoms with Gasteiger partial charge in [0, 0.05) is 10.9 Å². The summed E-state index contributed by atoms with van der Waals surface area (Å²) < 4.78 is 11.5. The van der Waals surface area contributed by atoms with Gasteiger partial charge < -0.3 is 14.8 Å². The molecule has 26 heavy (non-hydrogen) atoms. The molecule has 2 rings (SSSR count). The van der Waals surface area contributed by atoms with E-state index in [9.17, 15) is 9.59 Å². The summed E-state index contributed by atoms with van der Waals surface area (Å²) >= 11 is 3.35. The highest BCUT2D eigenvalue weighted by Crippen LogP contribution is 2.16. The number of halogens is 1. The topological polar surface area (TPSA) is 64.6 Å². The van der Waals surface area contributed by atoms with E-state index in [4.69, 9.17) is 9.47 Å². The van der Waals surface area contributed by atoms with Crippen LogP contribution in [0.2, 0.25) is 0 Å². The van der Waals surface area contributed by atoms with Gasteiger partial charge in [-0.1, -0.05) is 46.3 Å². The Kier molecular flexibility index (Phi) is 8.15. The molecule has 0 bridgehead atoms. The first-order valence-electron chi connectivity index (χ1n) is 8.43. The first kappa shape index (κ1) is 20.0. The fraction of sp³-hybridized carbons (Fsp3) is 0.300. The van der Waals surface area contributed by atoms with E-state index in [-0.39, 0.29) is 25.0 Å². The summed E-state index contributed by atoms with van der Waals surface area (Å²) in [5, 5.41) is 2.80. The number of carbonyl (C=O) groups excluding carboxylic acids is 2. The number of rotatable bonds is 9. The lowest BCUT2D eigenvalue weighted by Gasteiger charge is -2.14. The van der Waals surface area contributed by atoms with E-state index < -0.39 is 5.97 Å². The SMILES string of the molecule is C[C@@H](NC(=O)COC(=O)CCCOc1ccc(Br)cc1)c1ccccc1. The fourth-order valence-corrected chi connectivity index (χ4v) is 2.53. The largest absolute Gasteiger partial charge is 0.494 e. The molecule has 0 unspecified atom stereocenters. The van der Waals surface area contributed by atoms with Crippen LogP contribution in [-0.2, 0) is 14.3 Å². The summed E-state index contributed by atoms with van der Waals surface area (Å²) in [6.07, 6.45) is 0.731. The summed E-state index contributed by atoms with van der Waals surface area (Å²) in [6, 6.07) is 16.9. The van der Waals surface area contributed by atoms with Gasteiger partial charge in [0.05, 0.1) is 12.6 Å². The highest BCUT2D eigenvalue weighted by Gasteiger charge is 2.11. The number of carbonyl (C=O) groups is 2. The third-order valence-electron chi connectivity index (χ3n) is 3.65. The molecule has 1 amide bonds. The van der Waals surface area contributed by atoms with Crippen LogP contribution in [0.3, 0.4) is 0 Å². The average molecular weight is 420 g/mol. The molecule has 0 saturated carbocycles. The lowest BCUT2D eigenvalue weighted by molar-refractivity contribution is -0.148. The average Bonchev–Trinajstić information content (AvgIpc) is 2.65. The molecule has 6 heteroatoms. The normalized spacial score (nSPS) is 11.5. The summed E-state index contributed by atoms with van der Waals surface area (Å²) in [5.41, 5.74) is 0.997. The van der Waals surface area contributed by atoms with Crippen molar-refractivity contribution < 1.29 is 19.1 Å². The van der Waals surface area contributed by atoms with Crippen LogP contribution in [0.25, 0.3) is 0 Å². The molecular weight excluding hydrogens is 398 g/mol. The van der Waals surface area contributed by atoms with Crippen molar-refractivity contribution in [3.05, 3.63) is 64.6 Å². The molecule has 2 aromatic carbocycles. The van der Waals surface area contributed by atoms with Crippen molar-refractivity contribution in [1.82, 2.24) is 5.32 Å². The third kappa shape index (κ3) is 7.27. The quantitative estimate of drug-likeness (QED) is 0.492. The van der Waals surface area contributed by atoms with Gasteiger partial charge >= 0.3 is 5.97 Å². The minimum Gasteiger partial charge on any atom is -0.494 e. The molecule has 1 atom stereocenters. The van der Waals surface area contributed by atoms with Crippen molar-refractivity contribution in [2.24, 2.45) is 0 Å². The molecule has 0 aromatic heterocycles. The molecule has 1 N–H and O–H groups in total. The highest BCUT2D eigenvalue weighted by molar-refractivity contribution is 9.10. The number of esters is 1. The van der Waals surface area contributed by atoms with Crippen LogP contribution in [0, 0.1) is 0 Å².